The van der Waals surface area contributed by atoms with Gasteiger partial charge in [-0.15, -0.1) is 0 Å². The van der Waals surface area contributed by atoms with Crippen molar-refractivity contribution in [3.05, 3.63) is 12.3 Å². The first-order valence-corrected chi connectivity index (χ1v) is 8.14. The van der Waals surface area contributed by atoms with Gasteiger partial charge in [0.05, 0.1) is 6.20 Å². The number of rotatable bonds is 3. The van der Waals surface area contributed by atoms with E-state index < -0.39 is 10.0 Å². The van der Waals surface area contributed by atoms with Crippen molar-refractivity contribution in [1.29, 1.82) is 0 Å². The van der Waals surface area contributed by atoms with Crippen LogP contribution in [0.2, 0.25) is 0 Å². The smallest absolute Gasteiger partial charge is 0.260 e. The van der Waals surface area contributed by atoms with E-state index in [1.165, 1.54) is 28.0 Å². The maximum absolute atomic E-state index is 12.6. The van der Waals surface area contributed by atoms with Gasteiger partial charge in [0.1, 0.15) is 0 Å². The fourth-order valence-corrected chi connectivity index (χ4v) is 4.76. The Hall–Kier alpha value is -0.920. The van der Waals surface area contributed by atoms with Crippen molar-refractivity contribution in [2.75, 3.05) is 7.05 Å². The molecule has 2 unspecified atom stereocenters. The highest BCUT2D eigenvalue weighted by Gasteiger charge is 2.39. The van der Waals surface area contributed by atoms with Gasteiger partial charge in [0, 0.05) is 32.2 Å². The third-order valence-corrected chi connectivity index (χ3v) is 6.37. The van der Waals surface area contributed by atoms with Gasteiger partial charge in [-0.25, -0.2) is 8.42 Å². The van der Waals surface area contributed by atoms with Gasteiger partial charge in [0.25, 0.3) is 10.0 Å². The zero-order valence-electron chi connectivity index (χ0n) is 11.3. The maximum atomic E-state index is 12.6. The summed E-state index contributed by atoms with van der Waals surface area (Å²) in [5, 5.41) is 7.75. The van der Waals surface area contributed by atoms with Crippen LogP contribution in [0.4, 0.5) is 0 Å². The van der Waals surface area contributed by atoms with Crippen molar-refractivity contribution < 1.29 is 8.42 Å². The summed E-state index contributed by atoms with van der Waals surface area (Å²) >= 11 is 0. The van der Waals surface area contributed by atoms with Gasteiger partial charge in [-0.1, -0.05) is 0 Å². The second kappa shape index (κ2) is 4.57. The van der Waals surface area contributed by atoms with Crippen LogP contribution >= 0.6 is 0 Å². The predicted octanol–water partition coefficient (Wildman–Crippen LogP) is 0.324. The van der Waals surface area contributed by atoms with E-state index in [0.29, 0.717) is 12.1 Å². The normalized spacial score (nSPS) is 31.0. The van der Waals surface area contributed by atoms with E-state index in [1.54, 1.807) is 20.2 Å². The molecule has 1 N–H and O–H groups in total. The predicted molar refractivity (Wildman–Crippen MR) is 71.1 cm³/mol. The summed E-state index contributed by atoms with van der Waals surface area (Å²) in [6, 6.07) is 2.61. The molecule has 0 aliphatic carbocycles. The summed E-state index contributed by atoms with van der Waals surface area (Å²) in [6.07, 6.45) is 5.67. The molecule has 2 fully saturated rings. The fourth-order valence-electron chi connectivity index (χ4n) is 3.28. The Bertz CT molecular complexity index is 556. The second-order valence-electron chi connectivity index (χ2n) is 5.58. The largest absolute Gasteiger partial charge is 0.311 e. The number of nitrogens with one attached hydrogen (secondary N) is 1. The third-order valence-electron chi connectivity index (χ3n) is 4.38. The van der Waals surface area contributed by atoms with Crippen molar-refractivity contribution >= 4 is 10.0 Å². The minimum absolute atomic E-state index is 0.0960. The van der Waals surface area contributed by atoms with Crippen LogP contribution in [0.25, 0.3) is 0 Å². The first-order valence-electron chi connectivity index (χ1n) is 6.70. The van der Waals surface area contributed by atoms with Crippen LogP contribution in [-0.2, 0) is 17.1 Å². The van der Waals surface area contributed by atoms with Crippen LogP contribution in [0, 0.1) is 0 Å². The van der Waals surface area contributed by atoms with Crippen molar-refractivity contribution in [1.82, 2.24) is 19.4 Å². The first-order chi connectivity index (χ1) is 8.98. The molecule has 0 radical (unpaired) electrons. The van der Waals surface area contributed by atoms with Gasteiger partial charge in [-0.3, -0.25) is 4.68 Å². The number of piperidine rings is 1. The highest BCUT2D eigenvalue weighted by atomic mass is 32.2. The lowest BCUT2D eigenvalue weighted by molar-refractivity contribution is 0.250. The van der Waals surface area contributed by atoms with Crippen LogP contribution in [0.5, 0.6) is 0 Å². The minimum atomic E-state index is -3.44. The molecule has 3 rings (SSSR count). The van der Waals surface area contributed by atoms with Crippen LogP contribution < -0.4 is 5.32 Å². The lowest BCUT2D eigenvalue weighted by Gasteiger charge is -2.34. The Balaban J connectivity index is 1.84. The van der Waals surface area contributed by atoms with E-state index in [0.717, 1.165) is 12.8 Å². The molecule has 19 heavy (non-hydrogen) atoms. The van der Waals surface area contributed by atoms with Crippen LogP contribution in [0.1, 0.15) is 25.7 Å². The van der Waals surface area contributed by atoms with Gasteiger partial charge in [-0.05, 0) is 31.7 Å². The van der Waals surface area contributed by atoms with Crippen molar-refractivity contribution in [3.8, 4) is 0 Å². The molecule has 2 aliphatic heterocycles. The quantitative estimate of drug-likeness (QED) is 0.868. The molecule has 0 saturated carbocycles. The molecule has 0 aromatic carbocycles. The Morgan fingerprint density at radius 3 is 2.53 bits per heavy atom. The number of nitrogens with zero attached hydrogens (tertiary/aromatic N) is 3. The van der Waals surface area contributed by atoms with E-state index >= 15 is 0 Å². The molecule has 106 valence electrons. The summed E-state index contributed by atoms with van der Waals surface area (Å²) < 4.78 is 28.1. The Morgan fingerprint density at radius 2 is 2.00 bits per heavy atom. The molecule has 0 spiro atoms. The Labute approximate surface area is 113 Å². The lowest BCUT2D eigenvalue weighted by atomic mass is 10.0. The van der Waals surface area contributed by atoms with Crippen LogP contribution in [0.15, 0.2) is 17.3 Å². The summed E-state index contributed by atoms with van der Waals surface area (Å²) in [6.45, 7) is 0. The molecular formula is C12H20N4O2S. The summed E-state index contributed by atoms with van der Waals surface area (Å²) in [4.78, 5) is 0. The van der Waals surface area contributed by atoms with Gasteiger partial charge in [0.2, 0.25) is 0 Å². The van der Waals surface area contributed by atoms with Crippen molar-refractivity contribution in [3.63, 3.8) is 0 Å². The zero-order valence-corrected chi connectivity index (χ0v) is 12.1. The van der Waals surface area contributed by atoms with Gasteiger partial charge in [-0.2, -0.15) is 9.40 Å². The number of hydrogen-bond acceptors (Lipinski definition) is 4. The molecule has 2 bridgehead atoms. The number of fused-ring (bicyclic) bond motifs is 2. The van der Waals surface area contributed by atoms with E-state index in [4.69, 9.17) is 0 Å². The monoisotopic (exact) mass is 284 g/mol. The minimum Gasteiger partial charge on any atom is -0.311 e. The molecule has 1 aromatic rings. The Kier molecular flexibility index (Phi) is 3.15. The van der Waals surface area contributed by atoms with E-state index in [-0.39, 0.29) is 11.1 Å². The number of sulfonamides is 1. The Morgan fingerprint density at radius 1 is 1.37 bits per heavy atom. The average Bonchev–Trinajstić information content (AvgIpc) is 2.94. The topological polar surface area (TPSA) is 67.2 Å². The standard InChI is InChI=1S/C12H20N4O2S/c1-15-12(5-6-13-15)19(17,18)16(2)11-7-9-3-4-10(8-11)14-9/h5-6,9-11,14H,3-4,7-8H2,1-2H3. The van der Waals surface area contributed by atoms with Gasteiger partial charge >= 0.3 is 0 Å². The molecule has 2 atom stereocenters. The van der Waals surface area contributed by atoms with Crippen LogP contribution in [0.3, 0.4) is 0 Å². The molecule has 0 amide bonds. The number of hydrogen-bond donors (Lipinski definition) is 1. The SMILES string of the molecule is CN(C1CC2CCC(C1)N2)S(=O)(=O)c1ccnn1C. The molecule has 1 aromatic heterocycles. The highest BCUT2D eigenvalue weighted by molar-refractivity contribution is 7.89. The third kappa shape index (κ3) is 2.19. The van der Waals surface area contributed by atoms with Crippen LogP contribution in [-0.4, -0.2) is 47.7 Å². The number of aromatic nitrogens is 2. The highest BCUT2D eigenvalue weighted by Crippen LogP contribution is 2.31. The molecule has 7 heteroatoms. The van der Waals surface area contributed by atoms with Crippen molar-refractivity contribution in [2.24, 2.45) is 7.05 Å². The summed E-state index contributed by atoms with van der Waals surface area (Å²) in [5.74, 6) is 0. The second-order valence-corrected chi connectivity index (χ2v) is 7.52. The first kappa shape index (κ1) is 13.1. The average molecular weight is 284 g/mol. The van der Waals surface area contributed by atoms with Crippen molar-refractivity contribution in [2.45, 2.75) is 48.8 Å². The lowest BCUT2D eigenvalue weighted by Crippen LogP contribution is -2.48. The molecule has 6 nitrogen and oxygen atoms in total. The van der Waals surface area contributed by atoms with E-state index in [2.05, 4.69) is 10.4 Å². The number of aryl methyl sites for hydroxylation is 1. The molecule has 3 heterocycles. The molecule has 2 saturated heterocycles. The van der Waals surface area contributed by atoms with E-state index in [9.17, 15) is 8.42 Å². The maximum Gasteiger partial charge on any atom is 0.260 e. The molecular weight excluding hydrogens is 264 g/mol. The summed E-state index contributed by atoms with van der Waals surface area (Å²) in [5.41, 5.74) is 0. The van der Waals surface area contributed by atoms with E-state index in [1.807, 2.05) is 0 Å². The zero-order chi connectivity index (χ0) is 13.6. The summed E-state index contributed by atoms with van der Waals surface area (Å²) in [7, 11) is -0.0872. The fraction of sp³-hybridized carbons (Fsp3) is 0.750. The van der Waals surface area contributed by atoms with Gasteiger partial charge in [0.15, 0.2) is 5.03 Å². The molecule has 2 aliphatic rings. The van der Waals surface area contributed by atoms with Gasteiger partial charge < -0.3 is 5.32 Å².